The summed E-state index contributed by atoms with van der Waals surface area (Å²) < 4.78 is 6.86. The second-order valence-electron chi connectivity index (χ2n) is 6.10. The van der Waals surface area contributed by atoms with Gasteiger partial charge in [0.05, 0.1) is 12.9 Å². The van der Waals surface area contributed by atoms with Crippen molar-refractivity contribution in [3.8, 4) is 0 Å². The smallest absolute Gasteiger partial charge is 0.328 e. The molecule has 0 bridgehead atoms. The molecular weight excluding hydrogens is 328 g/mol. The second-order valence-corrected chi connectivity index (χ2v) is 7.04. The van der Waals surface area contributed by atoms with Crippen molar-refractivity contribution in [3.63, 3.8) is 0 Å². The third-order valence-corrected chi connectivity index (χ3v) is 5.29. The Morgan fingerprint density at radius 2 is 2.08 bits per heavy atom. The summed E-state index contributed by atoms with van der Waals surface area (Å²) in [7, 11) is 1.34. The number of nitrogens with zero attached hydrogens (tertiary/aromatic N) is 3. The average molecular weight is 354 g/mol. The van der Waals surface area contributed by atoms with Gasteiger partial charge in [-0.3, -0.25) is 4.79 Å². The molecule has 2 rings (SSSR count). The van der Waals surface area contributed by atoms with Crippen LogP contribution in [0.25, 0.3) is 0 Å². The molecule has 1 amide bonds. The molecule has 0 saturated heterocycles. The lowest BCUT2D eigenvalue weighted by atomic mass is 9.99. The number of amides is 1. The molecular formula is C16H26N4O3S. The van der Waals surface area contributed by atoms with Gasteiger partial charge in [0, 0.05) is 12.5 Å². The van der Waals surface area contributed by atoms with Gasteiger partial charge in [0.25, 0.3) is 0 Å². The fourth-order valence-corrected chi connectivity index (χ4v) is 3.31. The van der Waals surface area contributed by atoms with E-state index in [1.807, 2.05) is 13.8 Å². The Hall–Kier alpha value is -1.57. The molecule has 0 radical (unpaired) electrons. The fourth-order valence-electron chi connectivity index (χ4n) is 2.49. The van der Waals surface area contributed by atoms with Crippen molar-refractivity contribution in [1.29, 1.82) is 0 Å². The summed E-state index contributed by atoms with van der Waals surface area (Å²) in [5.41, 5.74) is 0. The summed E-state index contributed by atoms with van der Waals surface area (Å²) in [5.74, 6) is 1.16. The van der Waals surface area contributed by atoms with Crippen LogP contribution in [0.3, 0.4) is 0 Å². The normalized spacial score (nSPS) is 16.5. The standard InChI is InChI=1S/C16H26N4O3S/c1-5-10(3)13(15(22)23-4)17-12(21)9-24-16-19-18-14(11-7-8-11)20(16)6-2/h10-11,13H,5-9H2,1-4H3,(H,17,21)/t10-,13-/m1/s1. The van der Waals surface area contributed by atoms with Crippen LogP contribution in [0.5, 0.6) is 0 Å². The Bertz CT molecular complexity index is 586. The minimum absolute atomic E-state index is 0.0205. The van der Waals surface area contributed by atoms with E-state index in [9.17, 15) is 9.59 Å². The first-order valence-corrected chi connectivity index (χ1v) is 9.43. The minimum Gasteiger partial charge on any atom is -0.467 e. The molecule has 1 saturated carbocycles. The van der Waals surface area contributed by atoms with Gasteiger partial charge < -0.3 is 14.6 Å². The Balaban J connectivity index is 1.93. The highest BCUT2D eigenvalue weighted by Crippen LogP contribution is 2.39. The zero-order valence-electron chi connectivity index (χ0n) is 14.7. The molecule has 8 heteroatoms. The molecule has 2 atom stereocenters. The van der Waals surface area contributed by atoms with Crippen LogP contribution in [0.4, 0.5) is 0 Å². The maximum Gasteiger partial charge on any atom is 0.328 e. The molecule has 7 nitrogen and oxygen atoms in total. The van der Waals surface area contributed by atoms with Crippen LogP contribution in [0.15, 0.2) is 5.16 Å². The van der Waals surface area contributed by atoms with Crippen molar-refractivity contribution in [1.82, 2.24) is 20.1 Å². The molecule has 1 aromatic rings. The molecule has 24 heavy (non-hydrogen) atoms. The van der Waals surface area contributed by atoms with Gasteiger partial charge in [-0.2, -0.15) is 0 Å². The lowest BCUT2D eigenvalue weighted by molar-refractivity contribution is -0.146. The van der Waals surface area contributed by atoms with E-state index in [2.05, 4.69) is 27.0 Å². The quantitative estimate of drug-likeness (QED) is 0.539. The van der Waals surface area contributed by atoms with Crippen LogP contribution in [0, 0.1) is 5.92 Å². The number of carbonyl (C=O) groups excluding carboxylic acids is 2. The Morgan fingerprint density at radius 1 is 1.38 bits per heavy atom. The molecule has 0 spiro atoms. The topological polar surface area (TPSA) is 86.1 Å². The number of carbonyl (C=O) groups is 2. The number of nitrogens with one attached hydrogen (secondary N) is 1. The van der Waals surface area contributed by atoms with E-state index in [4.69, 9.17) is 4.74 Å². The summed E-state index contributed by atoms with van der Waals surface area (Å²) >= 11 is 1.35. The van der Waals surface area contributed by atoms with Gasteiger partial charge in [-0.25, -0.2) is 4.79 Å². The molecule has 1 aliphatic carbocycles. The predicted octanol–water partition coefficient (Wildman–Crippen LogP) is 1.97. The third-order valence-electron chi connectivity index (χ3n) is 4.32. The number of rotatable bonds is 9. The van der Waals surface area contributed by atoms with Crippen molar-refractivity contribution in [2.75, 3.05) is 12.9 Å². The average Bonchev–Trinajstić information content (AvgIpc) is 3.36. The molecule has 0 unspecified atom stereocenters. The Morgan fingerprint density at radius 3 is 2.62 bits per heavy atom. The SMILES string of the molecule is CC[C@@H](C)[C@@H](NC(=O)CSc1nnc(C2CC2)n1CC)C(=O)OC. The summed E-state index contributed by atoms with van der Waals surface area (Å²) in [5, 5.41) is 12.0. The van der Waals surface area contributed by atoms with Gasteiger partial charge in [0.15, 0.2) is 5.16 Å². The summed E-state index contributed by atoms with van der Waals surface area (Å²) in [6, 6.07) is -0.612. The van der Waals surface area contributed by atoms with Crippen LogP contribution < -0.4 is 5.32 Å². The third kappa shape index (κ3) is 4.49. The van der Waals surface area contributed by atoms with Crippen LogP contribution in [0.1, 0.15) is 51.8 Å². The Kier molecular flexibility index (Phi) is 6.65. The van der Waals surface area contributed by atoms with E-state index in [0.29, 0.717) is 5.92 Å². The van der Waals surface area contributed by atoms with Crippen molar-refractivity contribution in [2.24, 2.45) is 5.92 Å². The summed E-state index contributed by atoms with van der Waals surface area (Å²) in [6.45, 7) is 6.74. The number of ether oxygens (including phenoxy) is 1. The molecule has 134 valence electrons. The first-order valence-electron chi connectivity index (χ1n) is 8.44. The second kappa shape index (κ2) is 8.50. The number of hydrogen-bond donors (Lipinski definition) is 1. The molecule has 1 aliphatic rings. The van der Waals surface area contributed by atoms with Gasteiger partial charge in [0.1, 0.15) is 11.9 Å². The van der Waals surface area contributed by atoms with Crippen molar-refractivity contribution in [2.45, 2.75) is 63.7 Å². The van der Waals surface area contributed by atoms with Crippen LogP contribution in [-0.2, 0) is 20.9 Å². The highest BCUT2D eigenvalue weighted by molar-refractivity contribution is 7.99. The largest absolute Gasteiger partial charge is 0.467 e. The van der Waals surface area contributed by atoms with Gasteiger partial charge >= 0.3 is 5.97 Å². The summed E-state index contributed by atoms with van der Waals surface area (Å²) in [6.07, 6.45) is 3.11. The van der Waals surface area contributed by atoms with Crippen molar-refractivity contribution >= 4 is 23.6 Å². The van der Waals surface area contributed by atoms with Crippen LogP contribution in [0.2, 0.25) is 0 Å². The van der Waals surface area contributed by atoms with E-state index in [1.54, 1.807) is 0 Å². The van der Waals surface area contributed by atoms with Crippen LogP contribution in [-0.4, -0.2) is 45.5 Å². The van der Waals surface area contributed by atoms with Crippen molar-refractivity contribution in [3.05, 3.63) is 5.82 Å². The molecule has 0 aromatic carbocycles. The number of thioether (sulfide) groups is 1. The zero-order chi connectivity index (χ0) is 17.7. The van der Waals surface area contributed by atoms with Crippen LogP contribution >= 0.6 is 11.8 Å². The van der Waals surface area contributed by atoms with Gasteiger partial charge in [-0.15, -0.1) is 10.2 Å². The number of hydrogen-bond acceptors (Lipinski definition) is 6. The summed E-state index contributed by atoms with van der Waals surface area (Å²) in [4.78, 5) is 24.1. The van der Waals surface area contributed by atoms with E-state index in [0.717, 1.165) is 23.9 Å². The maximum absolute atomic E-state index is 12.2. The molecule has 1 aromatic heterocycles. The van der Waals surface area contributed by atoms with Crippen molar-refractivity contribution < 1.29 is 14.3 Å². The predicted molar refractivity (Wildman–Crippen MR) is 91.8 cm³/mol. The van der Waals surface area contributed by atoms with Gasteiger partial charge in [-0.05, 0) is 25.7 Å². The zero-order valence-corrected chi connectivity index (χ0v) is 15.6. The monoisotopic (exact) mass is 354 g/mol. The number of methoxy groups -OCH3 is 1. The van der Waals surface area contributed by atoms with E-state index in [-0.39, 0.29) is 17.6 Å². The van der Waals surface area contributed by atoms with E-state index >= 15 is 0 Å². The molecule has 1 N–H and O–H groups in total. The number of aromatic nitrogens is 3. The van der Waals surface area contributed by atoms with E-state index in [1.165, 1.54) is 31.7 Å². The van der Waals surface area contributed by atoms with Gasteiger partial charge in [0.2, 0.25) is 5.91 Å². The minimum atomic E-state index is -0.612. The molecule has 0 aliphatic heterocycles. The lowest BCUT2D eigenvalue weighted by Gasteiger charge is -2.21. The van der Waals surface area contributed by atoms with Gasteiger partial charge in [-0.1, -0.05) is 32.0 Å². The number of esters is 1. The highest BCUT2D eigenvalue weighted by Gasteiger charge is 2.30. The molecule has 1 heterocycles. The fraction of sp³-hybridized carbons (Fsp3) is 0.750. The molecule has 1 fully saturated rings. The first-order chi connectivity index (χ1) is 11.5. The maximum atomic E-state index is 12.2. The lowest BCUT2D eigenvalue weighted by Crippen LogP contribution is -2.46. The first kappa shape index (κ1) is 18.8. The van der Waals surface area contributed by atoms with E-state index < -0.39 is 12.0 Å². The Labute approximate surface area is 146 Å². The highest BCUT2D eigenvalue weighted by atomic mass is 32.2.